The van der Waals surface area contributed by atoms with Crippen molar-refractivity contribution in [3.8, 4) is 10.4 Å². The Morgan fingerprint density at radius 3 is 2.63 bits per heavy atom. The molecule has 1 aliphatic rings. The fourth-order valence-corrected chi connectivity index (χ4v) is 4.87. The number of benzene rings is 1. The first kappa shape index (κ1) is 19.7. The number of thiophene rings is 1. The van der Waals surface area contributed by atoms with E-state index in [-0.39, 0.29) is 23.9 Å². The first-order chi connectivity index (χ1) is 13.0. The summed E-state index contributed by atoms with van der Waals surface area (Å²) in [5.41, 5.74) is 1.17. The molecule has 142 valence electrons. The molecule has 1 fully saturated rings. The number of nitrogens with zero attached hydrogens (tertiary/aromatic N) is 2. The Morgan fingerprint density at radius 2 is 1.93 bits per heavy atom. The Balaban J connectivity index is 1.68. The van der Waals surface area contributed by atoms with Gasteiger partial charge in [0, 0.05) is 34.7 Å². The first-order valence-electron chi connectivity index (χ1n) is 8.95. The van der Waals surface area contributed by atoms with Gasteiger partial charge in [-0.25, -0.2) is 0 Å². The predicted octanol–water partition coefficient (Wildman–Crippen LogP) is 4.20. The molecule has 1 aromatic heterocycles. The van der Waals surface area contributed by atoms with Crippen LogP contribution in [0.25, 0.3) is 16.5 Å². The van der Waals surface area contributed by atoms with Crippen molar-refractivity contribution in [3.63, 3.8) is 0 Å². The fourth-order valence-electron chi connectivity index (χ4n) is 2.80. The summed E-state index contributed by atoms with van der Waals surface area (Å²) in [7, 11) is 1.80. The quantitative estimate of drug-likeness (QED) is 0.707. The van der Waals surface area contributed by atoms with Crippen molar-refractivity contribution in [2.75, 3.05) is 18.7 Å². The molecule has 2 amide bonds. The average molecular weight is 401 g/mol. The number of likely N-dealkylation sites (N-methyl/N-ethyl adjacent to an activating group) is 1. The van der Waals surface area contributed by atoms with E-state index < -0.39 is 0 Å². The molecule has 0 saturated carbocycles. The van der Waals surface area contributed by atoms with Crippen LogP contribution in [0.4, 0.5) is 0 Å². The second-order valence-corrected chi connectivity index (χ2v) is 8.88. The van der Waals surface area contributed by atoms with Crippen molar-refractivity contribution in [2.24, 2.45) is 0 Å². The Hall–Kier alpha value is -2.05. The van der Waals surface area contributed by atoms with Crippen LogP contribution in [0.15, 0.2) is 48.5 Å². The Kier molecular flexibility index (Phi) is 6.39. The molecule has 27 heavy (non-hydrogen) atoms. The van der Waals surface area contributed by atoms with Crippen molar-refractivity contribution in [3.05, 3.63) is 53.4 Å². The Bertz CT molecular complexity index is 830. The number of thioether (sulfide) groups is 1. The minimum absolute atomic E-state index is 0.0132. The summed E-state index contributed by atoms with van der Waals surface area (Å²) >= 11 is 3.27. The van der Waals surface area contributed by atoms with Crippen molar-refractivity contribution in [1.29, 1.82) is 0 Å². The van der Waals surface area contributed by atoms with Crippen molar-refractivity contribution >= 4 is 41.0 Å². The van der Waals surface area contributed by atoms with Gasteiger partial charge in [0.1, 0.15) is 6.04 Å². The summed E-state index contributed by atoms with van der Waals surface area (Å²) in [5.74, 6) is 1.13. The van der Waals surface area contributed by atoms with Crippen LogP contribution in [0.5, 0.6) is 0 Å². The molecule has 0 bridgehead atoms. The maximum absolute atomic E-state index is 12.7. The molecule has 0 aliphatic carbocycles. The SMILES string of the molecule is CC(C)N(C)C(=O)[C@H]1CSCN1C(=O)/C=C\c1ccc(-c2ccccc2)s1. The number of hydrogen-bond donors (Lipinski definition) is 0. The van der Waals surface area contributed by atoms with Crippen LogP contribution in [0.3, 0.4) is 0 Å². The van der Waals surface area contributed by atoms with Crippen molar-refractivity contribution in [2.45, 2.75) is 25.9 Å². The van der Waals surface area contributed by atoms with Crippen LogP contribution in [0.1, 0.15) is 18.7 Å². The van der Waals surface area contributed by atoms with Gasteiger partial charge in [-0.05, 0) is 37.6 Å². The predicted molar refractivity (Wildman–Crippen MR) is 115 cm³/mol. The second-order valence-electron chi connectivity index (χ2n) is 6.77. The zero-order chi connectivity index (χ0) is 19.4. The summed E-state index contributed by atoms with van der Waals surface area (Å²) in [4.78, 5) is 30.9. The third kappa shape index (κ3) is 4.62. The first-order valence-corrected chi connectivity index (χ1v) is 10.9. The van der Waals surface area contributed by atoms with E-state index in [1.807, 2.05) is 44.2 Å². The number of amides is 2. The van der Waals surface area contributed by atoms with Gasteiger partial charge in [-0.3, -0.25) is 9.59 Å². The summed E-state index contributed by atoms with van der Waals surface area (Å²) in [5, 5.41) is 0. The van der Waals surface area contributed by atoms with Crippen LogP contribution in [-0.4, -0.2) is 52.4 Å². The molecular formula is C21H24N2O2S2. The van der Waals surface area contributed by atoms with E-state index in [1.54, 1.807) is 46.0 Å². The molecule has 0 N–H and O–H groups in total. The smallest absolute Gasteiger partial charge is 0.247 e. The van der Waals surface area contributed by atoms with Gasteiger partial charge in [-0.15, -0.1) is 23.1 Å². The van der Waals surface area contributed by atoms with E-state index >= 15 is 0 Å². The highest BCUT2D eigenvalue weighted by Crippen LogP contribution is 2.29. The molecule has 6 heteroatoms. The third-order valence-electron chi connectivity index (χ3n) is 4.65. The van der Waals surface area contributed by atoms with Crippen LogP contribution < -0.4 is 0 Å². The minimum atomic E-state index is -0.372. The largest absolute Gasteiger partial charge is 0.342 e. The third-order valence-corrected chi connectivity index (χ3v) is 6.76. The fraction of sp³-hybridized carbons (Fsp3) is 0.333. The average Bonchev–Trinajstić information content (AvgIpc) is 3.35. The molecule has 1 aromatic carbocycles. The van der Waals surface area contributed by atoms with Gasteiger partial charge in [-0.1, -0.05) is 30.3 Å². The molecule has 1 atom stereocenters. The number of rotatable bonds is 5. The lowest BCUT2D eigenvalue weighted by Crippen LogP contribution is -2.49. The molecule has 2 aromatic rings. The van der Waals surface area contributed by atoms with Crippen LogP contribution in [-0.2, 0) is 9.59 Å². The molecule has 0 spiro atoms. The lowest BCUT2D eigenvalue weighted by molar-refractivity contribution is -0.141. The maximum Gasteiger partial charge on any atom is 0.247 e. The summed E-state index contributed by atoms with van der Waals surface area (Å²) in [6, 6.07) is 14.0. The Morgan fingerprint density at radius 1 is 1.19 bits per heavy atom. The molecular weight excluding hydrogens is 376 g/mol. The highest BCUT2D eigenvalue weighted by molar-refractivity contribution is 7.99. The van der Waals surface area contributed by atoms with Gasteiger partial charge in [0.15, 0.2) is 0 Å². The van der Waals surface area contributed by atoms with Crippen LogP contribution in [0, 0.1) is 0 Å². The van der Waals surface area contributed by atoms with Gasteiger partial charge < -0.3 is 9.80 Å². The monoisotopic (exact) mass is 400 g/mol. The van der Waals surface area contributed by atoms with Crippen LogP contribution in [0.2, 0.25) is 0 Å². The maximum atomic E-state index is 12.7. The lowest BCUT2D eigenvalue weighted by atomic mass is 10.2. The zero-order valence-corrected chi connectivity index (χ0v) is 17.4. The zero-order valence-electron chi connectivity index (χ0n) is 15.8. The molecule has 0 unspecified atom stereocenters. The normalized spacial score (nSPS) is 17.0. The van der Waals surface area contributed by atoms with E-state index in [9.17, 15) is 9.59 Å². The van der Waals surface area contributed by atoms with E-state index in [2.05, 4.69) is 18.2 Å². The number of hydrogen-bond acceptors (Lipinski definition) is 4. The highest BCUT2D eigenvalue weighted by Gasteiger charge is 2.35. The number of carbonyl (C=O) groups is 2. The van der Waals surface area contributed by atoms with E-state index in [4.69, 9.17) is 0 Å². The van der Waals surface area contributed by atoms with Gasteiger partial charge >= 0.3 is 0 Å². The molecule has 3 rings (SSSR count). The second kappa shape index (κ2) is 8.76. The summed E-state index contributed by atoms with van der Waals surface area (Å²) < 4.78 is 0. The molecule has 1 saturated heterocycles. The summed E-state index contributed by atoms with van der Waals surface area (Å²) in [6.45, 7) is 3.96. The highest BCUT2D eigenvalue weighted by atomic mass is 32.2. The number of carbonyl (C=O) groups excluding carboxylic acids is 2. The molecule has 4 nitrogen and oxygen atoms in total. The molecule has 1 aliphatic heterocycles. The van der Waals surface area contributed by atoms with E-state index in [1.165, 1.54) is 10.4 Å². The standard InChI is InChI=1S/C21H24N2O2S2/c1-15(2)22(3)21(25)18-13-26-14-23(18)20(24)12-10-17-9-11-19(27-17)16-7-5-4-6-8-16/h4-12,15,18H,13-14H2,1-3H3/b12-10-/t18-/m1/s1. The Labute approximate surface area is 168 Å². The molecule has 2 heterocycles. The topological polar surface area (TPSA) is 40.6 Å². The van der Waals surface area contributed by atoms with Gasteiger partial charge in [0.2, 0.25) is 11.8 Å². The summed E-state index contributed by atoms with van der Waals surface area (Å²) in [6.07, 6.45) is 3.43. The van der Waals surface area contributed by atoms with Gasteiger partial charge in [-0.2, -0.15) is 0 Å². The van der Waals surface area contributed by atoms with Crippen molar-refractivity contribution in [1.82, 2.24) is 9.80 Å². The van der Waals surface area contributed by atoms with Gasteiger partial charge in [0.25, 0.3) is 0 Å². The van der Waals surface area contributed by atoms with Crippen molar-refractivity contribution < 1.29 is 9.59 Å². The molecule has 0 radical (unpaired) electrons. The van der Waals surface area contributed by atoms with E-state index in [0.29, 0.717) is 11.6 Å². The minimum Gasteiger partial charge on any atom is -0.342 e. The van der Waals surface area contributed by atoms with Gasteiger partial charge in [0.05, 0.1) is 5.88 Å². The lowest BCUT2D eigenvalue weighted by Gasteiger charge is -2.29. The van der Waals surface area contributed by atoms with E-state index in [0.717, 1.165) is 4.88 Å². The van der Waals surface area contributed by atoms with Crippen LogP contribution >= 0.6 is 23.1 Å².